The first-order valence-corrected chi connectivity index (χ1v) is 6.57. The predicted molar refractivity (Wildman–Crippen MR) is 65.3 cm³/mol. The second-order valence-corrected chi connectivity index (χ2v) is 5.58. The summed E-state index contributed by atoms with van der Waals surface area (Å²) in [6.45, 7) is 0. The summed E-state index contributed by atoms with van der Waals surface area (Å²) < 4.78 is 0. The van der Waals surface area contributed by atoms with E-state index in [0.717, 1.165) is 12.1 Å². The van der Waals surface area contributed by atoms with E-state index in [2.05, 4.69) is 10.2 Å². The van der Waals surface area contributed by atoms with Gasteiger partial charge < -0.3 is 5.73 Å². The first-order valence-electron chi connectivity index (χ1n) is 5.15. The molecule has 0 saturated carbocycles. The van der Waals surface area contributed by atoms with Gasteiger partial charge in [-0.05, 0) is 24.7 Å². The minimum atomic E-state index is 0.316. The molecule has 15 heavy (non-hydrogen) atoms. The van der Waals surface area contributed by atoms with Gasteiger partial charge in [0.2, 0.25) is 0 Å². The average molecular weight is 244 g/mol. The normalized spacial score (nSPS) is 21.5. The van der Waals surface area contributed by atoms with Gasteiger partial charge in [0.05, 0.1) is 10.7 Å². The molecule has 2 N–H and O–H groups in total. The molecule has 1 aromatic heterocycles. The van der Waals surface area contributed by atoms with E-state index in [1.807, 2.05) is 17.8 Å². The fourth-order valence-corrected chi connectivity index (χ4v) is 3.21. The van der Waals surface area contributed by atoms with Gasteiger partial charge in [0, 0.05) is 11.7 Å². The van der Waals surface area contributed by atoms with Crippen molar-refractivity contribution >= 4 is 29.2 Å². The van der Waals surface area contributed by atoms with Crippen molar-refractivity contribution in [2.24, 2.45) is 0 Å². The van der Waals surface area contributed by atoms with Crippen LogP contribution in [0.15, 0.2) is 6.07 Å². The summed E-state index contributed by atoms with van der Waals surface area (Å²) in [5, 5.41) is 9.08. The highest BCUT2D eigenvalue weighted by Crippen LogP contribution is 2.28. The zero-order valence-corrected chi connectivity index (χ0v) is 10.0. The van der Waals surface area contributed by atoms with Crippen LogP contribution in [0.4, 0.5) is 5.82 Å². The predicted octanol–water partition coefficient (Wildman–Crippen LogP) is 2.54. The number of nitrogen functional groups attached to an aromatic ring is 1. The smallest absolute Gasteiger partial charge is 0.164 e. The van der Waals surface area contributed by atoms with E-state index >= 15 is 0 Å². The van der Waals surface area contributed by atoms with Gasteiger partial charge in [-0.1, -0.05) is 18.0 Å². The Kier molecular flexibility index (Phi) is 3.70. The fraction of sp³-hybridized carbons (Fsp3) is 0.600. The molecule has 0 aliphatic carbocycles. The third-order valence-corrected chi connectivity index (χ3v) is 4.24. The van der Waals surface area contributed by atoms with Gasteiger partial charge in [0.1, 0.15) is 0 Å². The summed E-state index contributed by atoms with van der Waals surface area (Å²) in [5.74, 6) is 1.58. The van der Waals surface area contributed by atoms with Crippen molar-refractivity contribution in [3.05, 3.63) is 16.8 Å². The summed E-state index contributed by atoms with van der Waals surface area (Å²) in [4.78, 5) is 0. The maximum atomic E-state index is 5.90. The van der Waals surface area contributed by atoms with E-state index in [1.165, 1.54) is 25.0 Å². The lowest BCUT2D eigenvalue weighted by atomic mass is 10.1. The van der Waals surface area contributed by atoms with Crippen LogP contribution in [-0.2, 0) is 6.42 Å². The highest BCUT2D eigenvalue weighted by molar-refractivity contribution is 7.99. The molecule has 82 valence electrons. The van der Waals surface area contributed by atoms with Crippen molar-refractivity contribution in [1.82, 2.24) is 10.2 Å². The minimum Gasteiger partial charge on any atom is -0.381 e. The van der Waals surface area contributed by atoms with Crippen molar-refractivity contribution in [3.63, 3.8) is 0 Å². The Hall–Kier alpha value is -0.480. The number of nitrogens with two attached hydrogens (primary N) is 1. The highest BCUT2D eigenvalue weighted by atomic mass is 35.5. The Bertz CT molecular complexity index is 339. The van der Waals surface area contributed by atoms with Gasteiger partial charge in [-0.3, -0.25) is 0 Å². The molecule has 1 unspecified atom stereocenters. The molecule has 1 saturated heterocycles. The summed E-state index contributed by atoms with van der Waals surface area (Å²) in [6.07, 6.45) is 4.90. The molecule has 1 aliphatic rings. The summed E-state index contributed by atoms with van der Waals surface area (Å²) in [6, 6.07) is 1.83. The van der Waals surface area contributed by atoms with Gasteiger partial charge in [-0.25, -0.2) is 0 Å². The van der Waals surface area contributed by atoms with Crippen molar-refractivity contribution in [2.75, 3.05) is 11.5 Å². The standard InChI is InChI=1S/C10H14ClN3S/c11-9-6-7(13-14-10(9)12)5-8-3-1-2-4-15-8/h6,8H,1-5H2,(H2,12,14). The molecule has 5 heteroatoms. The summed E-state index contributed by atoms with van der Waals surface area (Å²) in [5.41, 5.74) is 6.46. The Balaban J connectivity index is 2.00. The van der Waals surface area contributed by atoms with E-state index in [0.29, 0.717) is 16.1 Å². The number of thioether (sulfide) groups is 1. The maximum Gasteiger partial charge on any atom is 0.164 e. The van der Waals surface area contributed by atoms with Gasteiger partial charge in [-0.2, -0.15) is 16.9 Å². The molecule has 0 radical (unpaired) electrons. The Morgan fingerprint density at radius 3 is 3.00 bits per heavy atom. The Morgan fingerprint density at radius 1 is 1.47 bits per heavy atom. The molecule has 0 aromatic carbocycles. The third-order valence-electron chi connectivity index (χ3n) is 2.54. The molecule has 1 fully saturated rings. The van der Waals surface area contributed by atoms with Crippen LogP contribution in [0, 0.1) is 0 Å². The molecular formula is C10H14ClN3S. The maximum absolute atomic E-state index is 5.90. The number of anilines is 1. The van der Waals surface area contributed by atoms with Crippen molar-refractivity contribution < 1.29 is 0 Å². The van der Waals surface area contributed by atoms with Crippen LogP contribution in [0.5, 0.6) is 0 Å². The van der Waals surface area contributed by atoms with Crippen LogP contribution >= 0.6 is 23.4 Å². The van der Waals surface area contributed by atoms with E-state index < -0.39 is 0 Å². The van der Waals surface area contributed by atoms with Gasteiger partial charge in [0.15, 0.2) is 5.82 Å². The first-order chi connectivity index (χ1) is 7.25. The van der Waals surface area contributed by atoms with Gasteiger partial charge in [-0.15, -0.1) is 5.10 Å². The molecule has 2 rings (SSSR count). The minimum absolute atomic E-state index is 0.316. The molecule has 2 heterocycles. The van der Waals surface area contributed by atoms with Crippen molar-refractivity contribution in [1.29, 1.82) is 0 Å². The van der Waals surface area contributed by atoms with Gasteiger partial charge in [0.25, 0.3) is 0 Å². The van der Waals surface area contributed by atoms with E-state index in [-0.39, 0.29) is 0 Å². The quantitative estimate of drug-likeness (QED) is 0.867. The number of halogens is 1. The van der Waals surface area contributed by atoms with Crippen LogP contribution < -0.4 is 5.73 Å². The number of hydrogen-bond donors (Lipinski definition) is 1. The lowest BCUT2D eigenvalue weighted by molar-refractivity contribution is 0.651. The average Bonchev–Trinajstić information content (AvgIpc) is 2.25. The van der Waals surface area contributed by atoms with Crippen LogP contribution in [0.25, 0.3) is 0 Å². The molecule has 3 nitrogen and oxygen atoms in total. The fourth-order valence-electron chi connectivity index (χ4n) is 1.72. The van der Waals surface area contributed by atoms with Crippen LogP contribution in [0.2, 0.25) is 5.02 Å². The lowest BCUT2D eigenvalue weighted by Gasteiger charge is -2.20. The summed E-state index contributed by atoms with van der Waals surface area (Å²) in [7, 11) is 0. The van der Waals surface area contributed by atoms with E-state index in [1.54, 1.807) is 0 Å². The monoisotopic (exact) mass is 243 g/mol. The Morgan fingerprint density at radius 2 is 2.33 bits per heavy atom. The Labute approximate surface area is 98.8 Å². The largest absolute Gasteiger partial charge is 0.381 e. The topological polar surface area (TPSA) is 51.8 Å². The molecule has 1 aromatic rings. The first kappa shape index (κ1) is 11.0. The van der Waals surface area contributed by atoms with Crippen LogP contribution in [-0.4, -0.2) is 21.2 Å². The number of rotatable bonds is 2. The van der Waals surface area contributed by atoms with E-state index in [9.17, 15) is 0 Å². The molecule has 0 spiro atoms. The SMILES string of the molecule is Nc1nnc(CC2CCCCS2)cc1Cl. The molecule has 0 bridgehead atoms. The van der Waals surface area contributed by atoms with Crippen LogP contribution in [0.3, 0.4) is 0 Å². The molecule has 1 aliphatic heterocycles. The number of hydrogen-bond acceptors (Lipinski definition) is 4. The van der Waals surface area contributed by atoms with E-state index in [4.69, 9.17) is 17.3 Å². The zero-order chi connectivity index (χ0) is 10.7. The molecule has 1 atom stereocenters. The summed E-state index contributed by atoms with van der Waals surface area (Å²) >= 11 is 7.92. The molecule has 0 amide bonds. The highest BCUT2D eigenvalue weighted by Gasteiger charge is 2.15. The molecular weight excluding hydrogens is 230 g/mol. The van der Waals surface area contributed by atoms with Gasteiger partial charge >= 0.3 is 0 Å². The third kappa shape index (κ3) is 2.98. The second-order valence-electron chi connectivity index (χ2n) is 3.76. The number of nitrogens with zero attached hydrogens (tertiary/aromatic N) is 2. The van der Waals surface area contributed by atoms with Crippen molar-refractivity contribution in [2.45, 2.75) is 30.9 Å². The zero-order valence-electron chi connectivity index (χ0n) is 8.45. The van der Waals surface area contributed by atoms with Crippen LogP contribution in [0.1, 0.15) is 25.0 Å². The lowest BCUT2D eigenvalue weighted by Crippen LogP contribution is -2.14. The number of aromatic nitrogens is 2. The second kappa shape index (κ2) is 5.03. The van der Waals surface area contributed by atoms with Crippen molar-refractivity contribution in [3.8, 4) is 0 Å².